The second-order valence-electron chi connectivity index (χ2n) is 3.18. The van der Waals surface area contributed by atoms with Crippen molar-refractivity contribution in [2.45, 2.75) is 12.8 Å². The molecule has 2 nitrogen and oxygen atoms in total. The minimum atomic E-state index is 0.465. The number of aromatic nitrogens is 1. The highest BCUT2D eigenvalue weighted by molar-refractivity contribution is 14.1. The predicted octanol–water partition coefficient (Wildman–Crippen LogP) is 3.13. The highest BCUT2D eigenvalue weighted by Gasteiger charge is 2.22. The van der Waals surface area contributed by atoms with E-state index in [0.29, 0.717) is 10.9 Å². The van der Waals surface area contributed by atoms with Gasteiger partial charge in [0.2, 0.25) is 0 Å². The summed E-state index contributed by atoms with van der Waals surface area (Å²) in [5, 5.41) is 0.465. The van der Waals surface area contributed by atoms with E-state index in [2.05, 4.69) is 27.6 Å². The van der Waals surface area contributed by atoms with Crippen molar-refractivity contribution in [1.29, 1.82) is 0 Å². The van der Waals surface area contributed by atoms with Crippen molar-refractivity contribution in [3.8, 4) is 5.75 Å². The van der Waals surface area contributed by atoms with Crippen LogP contribution >= 0.6 is 34.2 Å². The van der Waals surface area contributed by atoms with Gasteiger partial charge in [-0.25, -0.2) is 4.98 Å². The van der Waals surface area contributed by atoms with E-state index in [4.69, 9.17) is 16.3 Å². The molecule has 0 aromatic carbocycles. The van der Waals surface area contributed by atoms with E-state index < -0.39 is 0 Å². The molecule has 0 saturated heterocycles. The van der Waals surface area contributed by atoms with Crippen LogP contribution in [0.2, 0.25) is 5.15 Å². The Balaban J connectivity index is 2.01. The van der Waals surface area contributed by atoms with Crippen molar-refractivity contribution in [1.82, 2.24) is 4.98 Å². The summed E-state index contributed by atoms with van der Waals surface area (Å²) in [5.41, 5.74) is 0. The molecule has 0 bridgehead atoms. The summed E-state index contributed by atoms with van der Waals surface area (Å²) < 4.78 is 6.41. The summed E-state index contributed by atoms with van der Waals surface area (Å²) in [6.45, 7) is 0.780. The largest absolute Gasteiger partial charge is 0.490 e. The van der Waals surface area contributed by atoms with E-state index in [-0.39, 0.29) is 0 Å². The normalized spacial score (nSPS) is 15.8. The third-order valence-corrected chi connectivity index (χ3v) is 2.82. The molecule has 70 valence electrons. The van der Waals surface area contributed by atoms with Crippen LogP contribution in [0.1, 0.15) is 12.8 Å². The van der Waals surface area contributed by atoms with Crippen LogP contribution in [0.4, 0.5) is 0 Å². The van der Waals surface area contributed by atoms with Crippen LogP contribution in [0.15, 0.2) is 12.1 Å². The molecule has 0 amide bonds. The molecule has 1 heterocycles. The molecule has 1 aromatic rings. The van der Waals surface area contributed by atoms with Crippen LogP contribution in [0.3, 0.4) is 0 Å². The van der Waals surface area contributed by atoms with E-state index in [1.54, 1.807) is 0 Å². The molecule has 0 N–H and O–H groups in total. The molecule has 4 heteroatoms. The summed E-state index contributed by atoms with van der Waals surface area (Å²) in [6.07, 6.45) is 2.57. The van der Waals surface area contributed by atoms with Crippen molar-refractivity contribution in [3.63, 3.8) is 0 Å². The number of pyridine rings is 1. The molecular weight excluding hydrogens is 300 g/mol. The summed E-state index contributed by atoms with van der Waals surface area (Å²) in [7, 11) is 0. The quantitative estimate of drug-likeness (QED) is 0.632. The Morgan fingerprint density at radius 2 is 2.31 bits per heavy atom. The lowest BCUT2D eigenvalue weighted by Gasteiger charge is -2.05. The fourth-order valence-corrected chi connectivity index (χ4v) is 1.77. The van der Waals surface area contributed by atoms with Crippen LogP contribution in [-0.4, -0.2) is 11.6 Å². The van der Waals surface area contributed by atoms with Gasteiger partial charge in [0, 0.05) is 0 Å². The van der Waals surface area contributed by atoms with Crippen molar-refractivity contribution in [2.75, 3.05) is 6.61 Å². The second-order valence-corrected chi connectivity index (χ2v) is 4.64. The number of ether oxygens (including phenoxy) is 1. The monoisotopic (exact) mass is 309 g/mol. The van der Waals surface area contributed by atoms with Crippen LogP contribution in [0.5, 0.6) is 5.75 Å². The average molecular weight is 310 g/mol. The van der Waals surface area contributed by atoms with Gasteiger partial charge in [-0.2, -0.15) is 0 Å². The molecule has 0 spiro atoms. The molecule has 1 aliphatic rings. The zero-order valence-corrected chi connectivity index (χ0v) is 9.88. The smallest absolute Gasteiger partial charge is 0.172 e. The molecule has 0 aliphatic heterocycles. The maximum Gasteiger partial charge on any atom is 0.172 e. The van der Waals surface area contributed by atoms with E-state index in [1.807, 2.05) is 12.1 Å². The minimum absolute atomic E-state index is 0.465. The molecule has 0 unspecified atom stereocenters. The van der Waals surface area contributed by atoms with Gasteiger partial charge in [0.05, 0.1) is 6.61 Å². The Labute approximate surface area is 95.8 Å². The predicted molar refractivity (Wildman–Crippen MR) is 60.2 cm³/mol. The van der Waals surface area contributed by atoms with Crippen molar-refractivity contribution >= 4 is 34.2 Å². The van der Waals surface area contributed by atoms with Gasteiger partial charge >= 0.3 is 0 Å². The topological polar surface area (TPSA) is 22.1 Å². The number of hydrogen-bond acceptors (Lipinski definition) is 2. The summed E-state index contributed by atoms with van der Waals surface area (Å²) in [5.74, 6) is 1.45. The minimum Gasteiger partial charge on any atom is -0.490 e. The number of hydrogen-bond donors (Lipinski definition) is 0. The third-order valence-electron chi connectivity index (χ3n) is 1.95. The summed E-state index contributed by atoms with van der Waals surface area (Å²) in [6, 6.07) is 3.77. The molecule has 2 rings (SSSR count). The lowest BCUT2D eigenvalue weighted by atomic mass is 10.4. The standard InChI is InChI=1S/C9H9ClINO/c10-9-7(3-4-8(11)12-9)13-5-6-1-2-6/h3-4,6H,1-2,5H2. The lowest BCUT2D eigenvalue weighted by molar-refractivity contribution is 0.299. The maximum absolute atomic E-state index is 5.89. The molecule has 13 heavy (non-hydrogen) atoms. The summed E-state index contributed by atoms with van der Waals surface area (Å²) >= 11 is 8.02. The Morgan fingerprint density at radius 1 is 1.54 bits per heavy atom. The molecule has 1 saturated carbocycles. The van der Waals surface area contributed by atoms with Crippen LogP contribution in [0.25, 0.3) is 0 Å². The lowest BCUT2D eigenvalue weighted by Crippen LogP contribution is -2.00. The first-order valence-electron chi connectivity index (χ1n) is 4.20. The third kappa shape index (κ3) is 2.71. The van der Waals surface area contributed by atoms with E-state index in [9.17, 15) is 0 Å². The van der Waals surface area contributed by atoms with E-state index in [1.165, 1.54) is 12.8 Å². The Kier molecular flexibility index (Phi) is 2.93. The average Bonchev–Trinajstić information content (AvgIpc) is 2.86. The van der Waals surface area contributed by atoms with Gasteiger partial charge in [0.1, 0.15) is 3.70 Å². The van der Waals surface area contributed by atoms with E-state index >= 15 is 0 Å². The van der Waals surface area contributed by atoms with Gasteiger partial charge < -0.3 is 4.74 Å². The maximum atomic E-state index is 5.89. The van der Waals surface area contributed by atoms with Gasteiger partial charge in [-0.05, 0) is 53.5 Å². The molecule has 0 atom stereocenters. The molecule has 0 radical (unpaired) electrons. The molecular formula is C9H9ClINO. The van der Waals surface area contributed by atoms with Crippen molar-refractivity contribution in [3.05, 3.63) is 21.0 Å². The zero-order chi connectivity index (χ0) is 9.26. The number of nitrogens with zero attached hydrogens (tertiary/aromatic N) is 1. The fraction of sp³-hybridized carbons (Fsp3) is 0.444. The molecule has 1 fully saturated rings. The van der Waals surface area contributed by atoms with E-state index in [0.717, 1.165) is 16.2 Å². The highest BCUT2D eigenvalue weighted by atomic mass is 127. The Hall–Kier alpha value is -0.0300. The van der Waals surface area contributed by atoms with Gasteiger partial charge in [-0.15, -0.1) is 0 Å². The summed E-state index contributed by atoms with van der Waals surface area (Å²) in [4.78, 5) is 4.10. The number of rotatable bonds is 3. The fourth-order valence-electron chi connectivity index (χ4n) is 0.999. The van der Waals surface area contributed by atoms with Gasteiger partial charge in [0.25, 0.3) is 0 Å². The van der Waals surface area contributed by atoms with Crippen LogP contribution in [0, 0.1) is 9.62 Å². The molecule has 1 aromatic heterocycles. The second kappa shape index (κ2) is 4.00. The van der Waals surface area contributed by atoms with Gasteiger partial charge in [0.15, 0.2) is 10.9 Å². The van der Waals surface area contributed by atoms with Crippen LogP contribution < -0.4 is 4.74 Å². The van der Waals surface area contributed by atoms with Crippen molar-refractivity contribution in [2.24, 2.45) is 5.92 Å². The highest BCUT2D eigenvalue weighted by Crippen LogP contribution is 2.31. The van der Waals surface area contributed by atoms with Gasteiger partial charge in [-0.1, -0.05) is 11.6 Å². The van der Waals surface area contributed by atoms with Gasteiger partial charge in [-0.3, -0.25) is 0 Å². The Bertz CT molecular complexity index is 314. The number of halogens is 2. The first-order valence-corrected chi connectivity index (χ1v) is 5.66. The molecule has 1 aliphatic carbocycles. The zero-order valence-electron chi connectivity index (χ0n) is 6.96. The first-order chi connectivity index (χ1) is 6.25. The Morgan fingerprint density at radius 3 is 2.92 bits per heavy atom. The first kappa shape index (κ1) is 9.52. The SMILES string of the molecule is Clc1nc(I)ccc1OCC1CC1. The van der Waals surface area contributed by atoms with Crippen LogP contribution in [-0.2, 0) is 0 Å². The van der Waals surface area contributed by atoms with Crippen molar-refractivity contribution < 1.29 is 4.74 Å².